The molecular formula is C15H24N4OS. The zero-order valence-corrected chi connectivity index (χ0v) is 13.7. The van der Waals surface area contributed by atoms with Gasteiger partial charge in [0, 0.05) is 25.6 Å². The summed E-state index contributed by atoms with van der Waals surface area (Å²) in [4.78, 5) is 14.3. The van der Waals surface area contributed by atoms with Gasteiger partial charge in [0.2, 0.25) is 5.91 Å². The molecule has 0 aromatic carbocycles. The van der Waals surface area contributed by atoms with Gasteiger partial charge in [0.25, 0.3) is 0 Å². The number of piperidine rings is 1. The summed E-state index contributed by atoms with van der Waals surface area (Å²) < 4.78 is 2.17. The Hall–Kier alpha value is -1.04. The van der Waals surface area contributed by atoms with E-state index in [1.807, 2.05) is 4.90 Å². The maximum atomic E-state index is 12.3. The van der Waals surface area contributed by atoms with Crippen molar-refractivity contribution in [2.45, 2.75) is 57.1 Å². The molecule has 1 amide bonds. The lowest BCUT2D eigenvalue weighted by Gasteiger charge is -2.30. The largest absolute Gasteiger partial charge is 0.342 e. The van der Waals surface area contributed by atoms with E-state index in [1.54, 1.807) is 0 Å². The summed E-state index contributed by atoms with van der Waals surface area (Å²) in [5.74, 6) is 3.19. The van der Waals surface area contributed by atoms with Crippen LogP contribution in [0.5, 0.6) is 0 Å². The van der Waals surface area contributed by atoms with E-state index < -0.39 is 0 Å². The molecule has 21 heavy (non-hydrogen) atoms. The smallest absolute Gasteiger partial charge is 0.233 e. The quantitative estimate of drug-likeness (QED) is 0.784. The van der Waals surface area contributed by atoms with Gasteiger partial charge in [-0.05, 0) is 38.5 Å². The summed E-state index contributed by atoms with van der Waals surface area (Å²) in [7, 11) is 0. The number of hydrogen-bond donors (Lipinski definition) is 0. The highest BCUT2D eigenvalue weighted by molar-refractivity contribution is 7.99. The Morgan fingerprint density at radius 1 is 1.24 bits per heavy atom. The molecule has 2 heterocycles. The lowest BCUT2D eigenvalue weighted by atomic mass is 9.99. The van der Waals surface area contributed by atoms with Crippen LogP contribution in [0.3, 0.4) is 0 Å². The molecule has 0 N–H and O–H groups in total. The molecule has 1 saturated heterocycles. The Morgan fingerprint density at radius 2 is 1.95 bits per heavy atom. The molecule has 1 aromatic heterocycles. The van der Waals surface area contributed by atoms with E-state index in [9.17, 15) is 4.79 Å². The zero-order chi connectivity index (χ0) is 14.8. The third kappa shape index (κ3) is 3.42. The van der Waals surface area contributed by atoms with Crippen LogP contribution < -0.4 is 0 Å². The molecule has 1 aromatic rings. The molecule has 0 spiro atoms. The van der Waals surface area contributed by atoms with Crippen molar-refractivity contribution < 1.29 is 4.79 Å². The van der Waals surface area contributed by atoms with Gasteiger partial charge in [-0.15, -0.1) is 10.2 Å². The van der Waals surface area contributed by atoms with E-state index in [1.165, 1.54) is 24.6 Å². The first-order valence-electron chi connectivity index (χ1n) is 8.02. The van der Waals surface area contributed by atoms with Crippen molar-refractivity contribution in [1.29, 1.82) is 0 Å². The normalized spacial score (nSPS) is 20.0. The van der Waals surface area contributed by atoms with Crippen LogP contribution in [-0.2, 0) is 11.3 Å². The van der Waals surface area contributed by atoms with Gasteiger partial charge in [0.15, 0.2) is 5.16 Å². The summed E-state index contributed by atoms with van der Waals surface area (Å²) in [5.41, 5.74) is 0. The zero-order valence-electron chi connectivity index (χ0n) is 12.9. The molecule has 0 atom stereocenters. The van der Waals surface area contributed by atoms with E-state index >= 15 is 0 Å². The van der Waals surface area contributed by atoms with E-state index in [4.69, 9.17) is 0 Å². The van der Waals surface area contributed by atoms with Crippen LogP contribution in [0, 0.1) is 5.92 Å². The molecule has 1 aliphatic heterocycles. The summed E-state index contributed by atoms with van der Waals surface area (Å²) in [6, 6.07) is 0. The predicted octanol–water partition coefficient (Wildman–Crippen LogP) is 2.53. The fraction of sp³-hybridized carbons (Fsp3) is 0.800. The lowest BCUT2D eigenvalue weighted by Crippen LogP contribution is -2.38. The standard InChI is InChI=1S/C15H24N4OS/c1-3-19-14(12-4-5-12)16-17-15(19)21-10-13(20)18-8-6-11(2)7-9-18/h11-12H,3-10H2,1-2H3. The monoisotopic (exact) mass is 308 g/mol. The molecule has 6 heteroatoms. The number of aromatic nitrogens is 3. The van der Waals surface area contributed by atoms with Gasteiger partial charge in [-0.1, -0.05) is 18.7 Å². The van der Waals surface area contributed by atoms with Crippen molar-refractivity contribution in [3.63, 3.8) is 0 Å². The van der Waals surface area contributed by atoms with Gasteiger partial charge in [-0.3, -0.25) is 4.79 Å². The first kappa shape index (κ1) is 14.9. The Morgan fingerprint density at radius 3 is 2.57 bits per heavy atom. The van der Waals surface area contributed by atoms with Gasteiger partial charge in [-0.2, -0.15) is 0 Å². The third-order valence-corrected chi connectivity index (χ3v) is 5.42. The highest BCUT2D eigenvalue weighted by Gasteiger charge is 2.30. The molecule has 2 fully saturated rings. The van der Waals surface area contributed by atoms with Crippen molar-refractivity contribution in [3.05, 3.63) is 5.82 Å². The molecule has 2 aliphatic rings. The van der Waals surface area contributed by atoms with Crippen LogP contribution in [0.2, 0.25) is 0 Å². The number of hydrogen-bond acceptors (Lipinski definition) is 4. The van der Waals surface area contributed by atoms with Crippen molar-refractivity contribution in [2.75, 3.05) is 18.8 Å². The molecule has 0 unspecified atom stereocenters. The first-order chi connectivity index (χ1) is 10.2. The van der Waals surface area contributed by atoms with Gasteiger partial charge in [0.05, 0.1) is 5.75 Å². The molecule has 116 valence electrons. The molecule has 0 bridgehead atoms. The molecular weight excluding hydrogens is 284 g/mol. The number of carbonyl (C=O) groups excluding carboxylic acids is 1. The summed E-state index contributed by atoms with van der Waals surface area (Å²) in [5, 5.41) is 9.50. The lowest BCUT2D eigenvalue weighted by molar-refractivity contribution is -0.129. The van der Waals surface area contributed by atoms with E-state index in [0.717, 1.165) is 49.4 Å². The average Bonchev–Trinajstić information content (AvgIpc) is 3.25. The molecule has 5 nitrogen and oxygen atoms in total. The molecule has 1 saturated carbocycles. The van der Waals surface area contributed by atoms with Gasteiger partial charge in [-0.25, -0.2) is 0 Å². The minimum atomic E-state index is 0.241. The topological polar surface area (TPSA) is 51.0 Å². The van der Waals surface area contributed by atoms with E-state index in [2.05, 4.69) is 28.6 Å². The second-order valence-corrected chi connectivity index (χ2v) is 7.15. The van der Waals surface area contributed by atoms with Crippen molar-refractivity contribution >= 4 is 17.7 Å². The highest BCUT2D eigenvalue weighted by Crippen LogP contribution is 2.40. The first-order valence-corrected chi connectivity index (χ1v) is 9.01. The van der Waals surface area contributed by atoms with Gasteiger partial charge < -0.3 is 9.47 Å². The van der Waals surface area contributed by atoms with E-state index in [-0.39, 0.29) is 5.91 Å². The second-order valence-electron chi connectivity index (χ2n) is 6.21. The Labute approximate surface area is 130 Å². The second kappa shape index (κ2) is 6.38. The number of rotatable bonds is 5. The van der Waals surface area contributed by atoms with Gasteiger partial charge in [0.1, 0.15) is 5.82 Å². The number of carbonyl (C=O) groups is 1. The third-order valence-electron chi connectivity index (χ3n) is 4.47. The van der Waals surface area contributed by atoms with Crippen molar-refractivity contribution in [3.8, 4) is 0 Å². The summed E-state index contributed by atoms with van der Waals surface area (Å²) in [6.45, 7) is 7.09. The summed E-state index contributed by atoms with van der Waals surface area (Å²) in [6.07, 6.45) is 4.72. The number of likely N-dealkylation sites (tertiary alicyclic amines) is 1. The van der Waals surface area contributed by atoms with Crippen LogP contribution in [0.4, 0.5) is 0 Å². The summed E-state index contributed by atoms with van der Waals surface area (Å²) >= 11 is 1.54. The number of amides is 1. The SMILES string of the molecule is CCn1c(SCC(=O)N2CCC(C)CC2)nnc1C1CC1. The molecule has 0 radical (unpaired) electrons. The van der Waals surface area contributed by atoms with Crippen LogP contribution >= 0.6 is 11.8 Å². The van der Waals surface area contributed by atoms with Crippen LogP contribution in [-0.4, -0.2) is 44.4 Å². The fourth-order valence-corrected chi connectivity index (χ4v) is 3.74. The Kier molecular flexibility index (Phi) is 4.52. The van der Waals surface area contributed by atoms with E-state index in [0.29, 0.717) is 11.7 Å². The van der Waals surface area contributed by atoms with Crippen LogP contribution in [0.25, 0.3) is 0 Å². The van der Waals surface area contributed by atoms with Crippen molar-refractivity contribution in [2.24, 2.45) is 5.92 Å². The van der Waals surface area contributed by atoms with Crippen molar-refractivity contribution in [1.82, 2.24) is 19.7 Å². The van der Waals surface area contributed by atoms with Crippen LogP contribution in [0.15, 0.2) is 5.16 Å². The minimum Gasteiger partial charge on any atom is -0.342 e. The predicted molar refractivity (Wildman–Crippen MR) is 83.4 cm³/mol. The Balaban J connectivity index is 1.56. The molecule has 3 rings (SSSR count). The highest BCUT2D eigenvalue weighted by atomic mass is 32.2. The maximum Gasteiger partial charge on any atom is 0.233 e. The van der Waals surface area contributed by atoms with Gasteiger partial charge >= 0.3 is 0 Å². The molecule has 1 aliphatic carbocycles. The minimum absolute atomic E-state index is 0.241. The van der Waals surface area contributed by atoms with Crippen LogP contribution in [0.1, 0.15) is 51.3 Å². The number of nitrogens with zero attached hydrogens (tertiary/aromatic N) is 4. The number of thioether (sulfide) groups is 1. The Bertz CT molecular complexity index is 504. The average molecular weight is 308 g/mol. The fourth-order valence-electron chi connectivity index (χ4n) is 2.82. The maximum absolute atomic E-state index is 12.3.